The van der Waals surface area contributed by atoms with E-state index in [0.717, 1.165) is 23.7 Å². The first-order valence-corrected chi connectivity index (χ1v) is 6.84. The van der Waals surface area contributed by atoms with E-state index in [1.54, 1.807) is 12.1 Å². The fourth-order valence-electron chi connectivity index (χ4n) is 2.26. The van der Waals surface area contributed by atoms with Crippen LogP contribution >= 0.6 is 15.9 Å². The van der Waals surface area contributed by atoms with Gasteiger partial charge in [-0.3, -0.25) is 0 Å². The van der Waals surface area contributed by atoms with Crippen molar-refractivity contribution >= 4 is 15.9 Å². The first-order chi connectivity index (χ1) is 8.54. The van der Waals surface area contributed by atoms with Gasteiger partial charge in [-0.2, -0.15) is 0 Å². The molecule has 1 aromatic rings. The smallest absolute Gasteiger partial charge is 0.162 e. The molecule has 18 heavy (non-hydrogen) atoms. The summed E-state index contributed by atoms with van der Waals surface area (Å²) in [5.74, 6) is 0.603. The predicted octanol–water partition coefficient (Wildman–Crippen LogP) is 2.32. The van der Waals surface area contributed by atoms with E-state index in [4.69, 9.17) is 10.5 Å². The maximum atomic E-state index is 10.2. The van der Waals surface area contributed by atoms with Crippen LogP contribution in [0, 0.1) is 5.92 Å². The lowest BCUT2D eigenvalue weighted by Gasteiger charge is -2.34. The molecule has 4 nitrogen and oxygen atoms in total. The van der Waals surface area contributed by atoms with Crippen molar-refractivity contribution < 1.29 is 14.9 Å². The van der Waals surface area contributed by atoms with Crippen LogP contribution < -0.4 is 10.5 Å². The lowest BCUT2D eigenvalue weighted by atomic mass is 9.77. The molecule has 2 rings (SSSR count). The fraction of sp³-hybridized carbons (Fsp3) is 0.538. The average molecular weight is 316 g/mol. The Hall–Kier alpha value is -0.780. The number of benzene rings is 1. The summed E-state index contributed by atoms with van der Waals surface area (Å²) in [4.78, 5) is 0. The fourth-order valence-corrected chi connectivity index (χ4v) is 2.72. The highest BCUT2D eigenvalue weighted by atomic mass is 79.9. The Morgan fingerprint density at radius 3 is 2.61 bits per heavy atom. The first kappa shape index (κ1) is 13.6. The Morgan fingerprint density at radius 1 is 1.44 bits per heavy atom. The maximum Gasteiger partial charge on any atom is 0.162 e. The summed E-state index contributed by atoms with van der Waals surface area (Å²) >= 11 is 3.35. The van der Waals surface area contributed by atoms with E-state index < -0.39 is 12.1 Å². The molecule has 0 unspecified atom stereocenters. The number of halogens is 1. The highest BCUT2D eigenvalue weighted by molar-refractivity contribution is 9.10. The molecule has 2 atom stereocenters. The van der Waals surface area contributed by atoms with Gasteiger partial charge in [0.2, 0.25) is 0 Å². The van der Waals surface area contributed by atoms with Gasteiger partial charge in [-0.1, -0.05) is 22.4 Å². The summed E-state index contributed by atoms with van der Waals surface area (Å²) in [5.41, 5.74) is 6.57. The summed E-state index contributed by atoms with van der Waals surface area (Å²) in [5, 5.41) is 20.2. The SMILES string of the molecule is COc1cc(Br)cc([C@H](N)[C@H](O)C2CCC2)c1O. The van der Waals surface area contributed by atoms with Gasteiger partial charge in [-0.15, -0.1) is 0 Å². The van der Waals surface area contributed by atoms with Crippen molar-refractivity contribution in [2.45, 2.75) is 31.4 Å². The van der Waals surface area contributed by atoms with Gasteiger partial charge in [0.05, 0.1) is 19.3 Å². The molecule has 0 radical (unpaired) electrons. The van der Waals surface area contributed by atoms with Crippen LogP contribution in [0.3, 0.4) is 0 Å². The van der Waals surface area contributed by atoms with Gasteiger partial charge in [0.1, 0.15) is 0 Å². The Balaban J connectivity index is 2.28. The minimum Gasteiger partial charge on any atom is -0.504 e. The predicted molar refractivity (Wildman–Crippen MR) is 72.6 cm³/mol. The third-order valence-corrected chi connectivity index (χ3v) is 4.11. The number of hydrogen-bond acceptors (Lipinski definition) is 4. The van der Waals surface area contributed by atoms with Crippen LogP contribution in [0.4, 0.5) is 0 Å². The molecule has 1 fully saturated rings. The quantitative estimate of drug-likeness (QED) is 0.797. The van der Waals surface area contributed by atoms with Crippen LogP contribution in [-0.2, 0) is 0 Å². The molecule has 0 amide bonds. The summed E-state index contributed by atoms with van der Waals surface area (Å²) in [6.45, 7) is 0. The van der Waals surface area contributed by atoms with Gasteiger partial charge < -0.3 is 20.7 Å². The van der Waals surface area contributed by atoms with E-state index in [9.17, 15) is 10.2 Å². The van der Waals surface area contributed by atoms with Crippen molar-refractivity contribution in [1.82, 2.24) is 0 Å². The molecule has 0 aliphatic heterocycles. The lowest BCUT2D eigenvalue weighted by Crippen LogP contribution is -2.36. The number of rotatable bonds is 4. The van der Waals surface area contributed by atoms with Crippen molar-refractivity contribution in [3.63, 3.8) is 0 Å². The minimum absolute atomic E-state index is 0.00609. The first-order valence-electron chi connectivity index (χ1n) is 6.04. The third-order valence-electron chi connectivity index (χ3n) is 3.65. The normalized spacial score (nSPS) is 19.1. The molecule has 0 heterocycles. The zero-order chi connectivity index (χ0) is 13.3. The van der Waals surface area contributed by atoms with E-state index in [-0.39, 0.29) is 11.7 Å². The molecule has 4 N–H and O–H groups in total. The molecule has 100 valence electrons. The average Bonchev–Trinajstić information content (AvgIpc) is 2.28. The monoisotopic (exact) mass is 315 g/mol. The van der Waals surface area contributed by atoms with Gasteiger partial charge >= 0.3 is 0 Å². The molecule has 1 saturated carbocycles. The number of phenolic OH excluding ortho intramolecular Hbond substituents is 1. The molecule has 1 aliphatic rings. The van der Waals surface area contributed by atoms with Crippen LogP contribution in [0.2, 0.25) is 0 Å². The number of aliphatic hydroxyl groups is 1. The zero-order valence-electron chi connectivity index (χ0n) is 10.3. The summed E-state index contributed by atoms with van der Waals surface area (Å²) in [6, 6.07) is 2.80. The van der Waals surface area contributed by atoms with Gasteiger partial charge in [-0.05, 0) is 30.9 Å². The van der Waals surface area contributed by atoms with Crippen molar-refractivity contribution in [2.24, 2.45) is 11.7 Å². The van der Waals surface area contributed by atoms with Crippen molar-refractivity contribution in [3.8, 4) is 11.5 Å². The number of aliphatic hydroxyl groups excluding tert-OH is 1. The molecule has 0 bridgehead atoms. The molecular formula is C13H18BrNO3. The molecule has 5 heteroatoms. The van der Waals surface area contributed by atoms with E-state index in [1.165, 1.54) is 7.11 Å². The highest BCUT2D eigenvalue weighted by Crippen LogP contribution is 2.40. The zero-order valence-corrected chi connectivity index (χ0v) is 11.9. The summed E-state index contributed by atoms with van der Waals surface area (Å²) in [7, 11) is 1.49. The van der Waals surface area contributed by atoms with Crippen molar-refractivity contribution in [3.05, 3.63) is 22.2 Å². The van der Waals surface area contributed by atoms with Crippen LogP contribution in [0.5, 0.6) is 11.5 Å². The summed E-state index contributed by atoms with van der Waals surface area (Å²) < 4.78 is 5.85. The number of methoxy groups -OCH3 is 1. The molecule has 0 aromatic heterocycles. The minimum atomic E-state index is -0.622. The maximum absolute atomic E-state index is 10.2. The van der Waals surface area contributed by atoms with Crippen LogP contribution in [0.15, 0.2) is 16.6 Å². The van der Waals surface area contributed by atoms with Crippen molar-refractivity contribution in [1.29, 1.82) is 0 Å². The number of ether oxygens (including phenoxy) is 1. The standard InChI is InChI=1S/C13H18BrNO3/c1-18-10-6-8(14)5-9(13(10)17)11(15)12(16)7-3-2-4-7/h5-7,11-12,16-17H,2-4,15H2,1H3/t11-,12+/m0/s1. The molecular weight excluding hydrogens is 298 g/mol. The van der Waals surface area contributed by atoms with Crippen LogP contribution in [0.1, 0.15) is 30.9 Å². The van der Waals surface area contributed by atoms with Gasteiger partial charge in [-0.25, -0.2) is 0 Å². The number of aromatic hydroxyl groups is 1. The summed E-state index contributed by atoms with van der Waals surface area (Å²) in [6.07, 6.45) is 2.52. The second-order valence-corrected chi connectivity index (χ2v) is 5.67. The largest absolute Gasteiger partial charge is 0.504 e. The Morgan fingerprint density at radius 2 is 2.11 bits per heavy atom. The Labute approximate surface area is 115 Å². The molecule has 0 spiro atoms. The van der Waals surface area contributed by atoms with Gasteiger partial charge in [0, 0.05) is 10.0 Å². The topological polar surface area (TPSA) is 75.7 Å². The van der Waals surface area contributed by atoms with Gasteiger partial charge in [0.15, 0.2) is 11.5 Å². The van der Waals surface area contributed by atoms with E-state index in [2.05, 4.69) is 15.9 Å². The van der Waals surface area contributed by atoms with Crippen LogP contribution in [0.25, 0.3) is 0 Å². The molecule has 1 aromatic carbocycles. The highest BCUT2D eigenvalue weighted by Gasteiger charge is 2.32. The van der Waals surface area contributed by atoms with E-state index in [1.807, 2.05) is 0 Å². The number of hydrogen-bond donors (Lipinski definition) is 3. The van der Waals surface area contributed by atoms with Crippen LogP contribution in [-0.4, -0.2) is 23.4 Å². The molecule has 1 aliphatic carbocycles. The van der Waals surface area contributed by atoms with E-state index in [0.29, 0.717) is 11.3 Å². The Kier molecular flexibility index (Phi) is 4.14. The van der Waals surface area contributed by atoms with Crippen molar-refractivity contribution in [2.75, 3.05) is 7.11 Å². The van der Waals surface area contributed by atoms with E-state index >= 15 is 0 Å². The second-order valence-electron chi connectivity index (χ2n) is 4.75. The number of phenols is 1. The van der Waals surface area contributed by atoms with Gasteiger partial charge in [0.25, 0.3) is 0 Å². The molecule has 0 saturated heterocycles. The lowest BCUT2D eigenvalue weighted by molar-refractivity contribution is 0.0407. The Bertz CT molecular complexity index is 434. The number of nitrogens with two attached hydrogens (primary N) is 1. The second kappa shape index (κ2) is 5.47. The third kappa shape index (κ3) is 2.48.